The zero-order valence-electron chi connectivity index (χ0n) is 16.3. The van der Waals surface area contributed by atoms with Crippen LogP contribution in [0.4, 0.5) is 0 Å². The standard InChI is InChI=1S/C22H23NO5/c1-25-13-17-16-6-4-5-7-18(16)28-21(17)22(24)23-9-8-14-10-19(26-2)20(27-3)11-15(14)12-23/h4-7,10-11H,8-9,12-13H2,1-3H3. The van der Waals surface area contributed by atoms with E-state index < -0.39 is 0 Å². The van der Waals surface area contributed by atoms with Gasteiger partial charge in [-0.3, -0.25) is 4.79 Å². The molecular formula is C22H23NO5. The summed E-state index contributed by atoms with van der Waals surface area (Å²) in [7, 11) is 4.86. The lowest BCUT2D eigenvalue weighted by atomic mass is 9.98. The molecule has 0 saturated heterocycles. The van der Waals surface area contributed by atoms with Crippen molar-refractivity contribution in [2.24, 2.45) is 0 Å². The first kappa shape index (κ1) is 18.4. The van der Waals surface area contributed by atoms with Gasteiger partial charge < -0.3 is 23.5 Å². The van der Waals surface area contributed by atoms with E-state index in [1.807, 2.05) is 41.3 Å². The molecule has 6 heteroatoms. The van der Waals surface area contributed by atoms with E-state index in [1.165, 1.54) is 5.56 Å². The highest BCUT2D eigenvalue weighted by molar-refractivity contribution is 5.99. The first-order valence-electron chi connectivity index (χ1n) is 9.18. The van der Waals surface area contributed by atoms with Crippen LogP contribution in [0.2, 0.25) is 0 Å². The Hall–Kier alpha value is -2.99. The summed E-state index contributed by atoms with van der Waals surface area (Å²) in [4.78, 5) is 15.1. The van der Waals surface area contributed by atoms with Crippen molar-refractivity contribution < 1.29 is 23.4 Å². The van der Waals surface area contributed by atoms with Crippen LogP contribution in [0.15, 0.2) is 40.8 Å². The van der Waals surface area contributed by atoms with E-state index in [4.69, 9.17) is 18.6 Å². The second kappa shape index (κ2) is 7.56. The van der Waals surface area contributed by atoms with E-state index in [9.17, 15) is 4.79 Å². The molecule has 1 aliphatic heterocycles. The van der Waals surface area contributed by atoms with Crippen LogP contribution in [0.5, 0.6) is 11.5 Å². The highest BCUT2D eigenvalue weighted by Crippen LogP contribution is 2.34. The lowest BCUT2D eigenvalue weighted by Crippen LogP contribution is -2.36. The molecule has 28 heavy (non-hydrogen) atoms. The number of furan rings is 1. The van der Waals surface area contributed by atoms with Crippen LogP contribution in [-0.2, 0) is 24.3 Å². The number of para-hydroxylation sites is 1. The smallest absolute Gasteiger partial charge is 0.290 e. The number of ether oxygens (including phenoxy) is 3. The summed E-state index contributed by atoms with van der Waals surface area (Å²) in [5.41, 5.74) is 3.72. The molecule has 4 rings (SSSR count). The summed E-state index contributed by atoms with van der Waals surface area (Å²) in [6.07, 6.45) is 0.751. The molecule has 6 nitrogen and oxygen atoms in total. The van der Waals surface area contributed by atoms with Gasteiger partial charge in [0.1, 0.15) is 5.58 Å². The van der Waals surface area contributed by atoms with Crippen LogP contribution in [0.3, 0.4) is 0 Å². The van der Waals surface area contributed by atoms with Gasteiger partial charge in [0.2, 0.25) is 0 Å². The molecule has 2 aromatic carbocycles. The molecule has 0 spiro atoms. The lowest BCUT2D eigenvalue weighted by Gasteiger charge is -2.29. The molecule has 1 aromatic heterocycles. The van der Waals surface area contributed by atoms with E-state index in [-0.39, 0.29) is 5.91 Å². The molecule has 0 bridgehead atoms. The van der Waals surface area contributed by atoms with Crippen LogP contribution in [0, 0.1) is 0 Å². The Bertz CT molecular complexity index is 1020. The van der Waals surface area contributed by atoms with Gasteiger partial charge in [-0.15, -0.1) is 0 Å². The van der Waals surface area contributed by atoms with E-state index in [1.54, 1.807) is 21.3 Å². The van der Waals surface area contributed by atoms with Gasteiger partial charge in [-0.05, 0) is 35.7 Å². The fraction of sp³-hybridized carbons (Fsp3) is 0.318. The number of hydrogen-bond acceptors (Lipinski definition) is 5. The number of benzene rings is 2. The van der Waals surface area contributed by atoms with Gasteiger partial charge in [0, 0.05) is 31.1 Å². The number of amides is 1. The molecule has 146 valence electrons. The van der Waals surface area contributed by atoms with Crippen LogP contribution in [-0.4, -0.2) is 38.7 Å². The molecule has 1 aliphatic rings. The Balaban J connectivity index is 1.67. The van der Waals surface area contributed by atoms with E-state index in [0.717, 1.165) is 22.9 Å². The molecule has 0 fully saturated rings. The van der Waals surface area contributed by atoms with Crippen molar-refractivity contribution >= 4 is 16.9 Å². The summed E-state index contributed by atoms with van der Waals surface area (Å²) in [6.45, 7) is 1.44. The fourth-order valence-electron chi connectivity index (χ4n) is 3.76. The van der Waals surface area contributed by atoms with Crippen molar-refractivity contribution in [3.8, 4) is 11.5 Å². The monoisotopic (exact) mass is 381 g/mol. The minimum Gasteiger partial charge on any atom is -0.493 e. The molecular weight excluding hydrogens is 358 g/mol. The maximum absolute atomic E-state index is 13.3. The van der Waals surface area contributed by atoms with Crippen molar-refractivity contribution in [1.29, 1.82) is 0 Å². The van der Waals surface area contributed by atoms with Crippen LogP contribution < -0.4 is 9.47 Å². The number of carbonyl (C=O) groups is 1. The quantitative estimate of drug-likeness (QED) is 0.673. The predicted molar refractivity (Wildman–Crippen MR) is 105 cm³/mol. The molecule has 0 radical (unpaired) electrons. The summed E-state index contributed by atoms with van der Waals surface area (Å²) in [5.74, 6) is 1.61. The molecule has 3 aromatic rings. The number of hydrogen-bond donors (Lipinski definition) is 0. The maximum Gasteiger partial charge on any atom is 0.290 e. The number of methoxy groups -OCH3 is 3. The fourth-order valence-corrected chi connectivity index (χ4v) is 3.76. The third-order valence-corrected chi connectivity index (χ3v) is 5.19. The van der Waals surface area contributed by atoms with Gasteiger partial charge in [0.25, 0.3) is 5.91 Å². The second-order valence-electron chi connectivity index (χ2n) is 6.79. The molecule has 0 aliphatic carbocycles. The third kappa shape index (κ3) is 3.10. The Morgan fingerprint density at radius 2 is 1.79 bits per heavy atom. The van der Waals surface area contributed by atoms with Gasteiger partial charge in [-0.2, -0.15) is 0 Å². The molecule has 1 amide bonds. The normalized spacial score (nSPS) is 13.5. The third-order valence-electron chi connectivity index (χ3n) is 5.19. The first-order chi connectivity index (χ1) is 13.7. The Morgan fingerprint density at radius 1 is 1.07 bits per heavy atom. The van der Waals surface area contributed by atoms with Crippen molar-refractivity contribution in [2.45, 2.75) is 19.6 Å². The summed E-state index contributed by atoms with van der Waals surface area (Å²) in [5, 5.41) is 0.913. The highest BCUT2D eigenvalue weighted by Gasteiger charge is 2.28. The van der Waals surface area contributed by atoms with Gasteiger partial charge >= 0.3 is 0 Å². The van der Waals surface area contributed by atoms with E-state index >= 15 is 0 Å². The molecule has 0 N–H and O–H groups in total. The van der Waals surface area contributed by atoms with Crippen molar-refractivity contribution in [3.05, 3.63) is 58.8 Å². The van der Waals surface area contributed by atoms with E-state index in [0.29, 0.717) is 42.5 Å². The zero-order valence-corrected chi connectivity index (χ0v) is 16.3. The van der Waals surface area contributed by atoms with Crippen LogP contribution >= 0.6 is 0 Å². The predicted octanol–water partition coefficient (Wildman–Crippen LogP) is 3.79. The highest BCUT2D eigenvalue weighted by atomic mass is 16.5. The second-order valence-corrected chi connectivity index (χ2v) is 6.79. The number of rotatable bonds is 5. The molecule has 2 heterocycles. The molecule has 0 saturated carbocycles. The molecule has 0 unspecified atom stereocenters. The SMILES string of the molecule is COCc1c(C(=O)N2CCc3cc(OC)c(OC)cc3C2)oc2ccccc12. The number of carbonyl (C=O) groups excluding carboxylic acids is 1. The Kier molecular flexibility index (Phi) is 4.96. The lowest BCUT2D eigenvalue weighted by molar-refractivity contribution is 0.0698. The average molecular weight is 381 g/mol. The van der Waals surface area contributed by atoms with Gasteiger partial charge in [-0.25, -0.2) is 0 Å². The van der Waals surface area contributed by atoms with Crippen LogP contribution in [0.25, 0.3) is 11.0 Å². The minimum atomic E-state index is -0.122. The summed E-state index contributed by atoms with van der Waals surface area (Å²) in [6, 6.07) is 11.6. The number of fused-ring (bicyclic) bond motifs is 2. The largest absolute Gasteiger partial charge is 0.493 e. The van der Waals surface area contributed by atoms with Gasteiger partial charge in [-0.1, -0.05) is 18.2 Å². The van der Waals surface area contributed by atoms with Crippen LogP contribution in [0.1, 0.15) is 27.2 Å². The van der Waals surface area contributed by atoms with Crippen molar-refractivity contribution in [2.75, 3.05) is 27.9 Å². The minimum absolute atomic E-state index is 0.122. The van der Waals surface area contributed by atoms with Gasteiger partial charge in [0.15, 0.2) is 17.3 Å². The van der Waals surface area contributed by atoms with E-state index in [2.05, 4.69) is 0 Å². The van der Waals surface area contributed by atoms with Crippen molar-refractivity contribution in [1.82, 2.24) is 4.90 Å². The Labute approximate surface area is 163 Å². The first-order valence-corrected chi connectivity index (χ1v) is 9.18. The molecule has 0 atom stereocenters. The number of nitrogens with zero attached hydrogens (tertiary/aromatic N) is 1. The van der Waals surface area contributed by atoms with Gasteiger partial charge in [0.05, 0.1) is 20.8 Å². The Morgan fingerprint density at radius 3 is 2.50 bits per heavy atom. The zero-order chi connectivity index (χ0) is 19.7. The topological polar surface area (TPSA) is 61.1 Å². The summed E-state index contributed by atoms with van der Waals surface area (Å²) >= 11 is 0. The maximum atomic E-state index is 13.3. The average Bonchev–Trinajstić information content (AvgIpc) is 3.10. The van der Waals surface area contributed by atoms with Crippen molar-refractivity contribution in [3.63, 3.8) is 0 Å². The summed E-state index contributed by atoms with van der Waals surface area (Å²) < 4.78 is 22.0.